The third kappa shape index (κ3) is 3.57. The summed E-state index contributed by atoms with van der Waals surface area (Å²) in [4.78, 5) is 0. The van der Waals surface area contributed by atoms with E-state index in [1.807, 2.05) is 60.7 Å². The van der Waals surface area contributed by atoms with Gasteiger partial charge in [-0.15, -0.1) is 0 Å². The Kier molecular flexibility index (Phi) is 5.54. The number of hydrogen-bond donors (Lipinski definition) is 0. The molecule has 9 rings (SSSR count). The van der Waals surface area contributed by atoms with E-state index in [9.17, 15) is 4.57 Å². The third-order valence-corrected chi connectivity index (χ3v) is 12.4. The van der Waals surface area contributed by atoms with Crippen molar-refractivity contribution in [1.29, 1.82) is 0 Å². The van der Waals surface area contributed by atoms with Crippen LogP contribution in [0.3, 0.4) is 0 Å². The van der Waals surface area contributed by atoms with E-state index in [-0.39, 0.29) is 0 Å². The van der Waals surface area contributed by atoms with Crippen LogP contribution in [0.15, 0.2) is 164 Å². The molecule has 2 heteroatoms. The first kappa shape index (κ1) is 25.3. The van der Waals surface area contributed by atoms with E-state index in [1.54, 1.807) is 0 Å². The van der Waals surface area contributed by atoms with Crippen LogP contribution < -0.4 is 15.9 Å². The van der Waals surface area contributed by atoms with Gasteiger partial charge in [0.2, 0.25) is 0 Å². The van der Waals surface area contributed by atoms with Gasteiger partial charge in [-0.1, -0.05) is 152 Å². The number of hydrogen-bond acceptors (Lipinski definition) is 1. The molecule has 0 saturated heterocycles. The van der Waals surface area contributed by atoms with Crippen molar-refractivity contribution in [1.82, 2.24) is 0 Å². The molecule has 0 aromatic heterocycles. The first-order valence-electron chi connectivity index (χ1n) is 15.0. The van der Waals surface area contributed by atoms with Crippen LogP contribution >= 0.6 is 7.14 Å². The highest BCUT2D eigenvalue weighted by Crippen LogP contribution is 2.51. The lowest BCUT2D eigenvalue weighted by Crippen LogP contribution is -2.24. The van der Waals surface area contributed by atoms with Gasteiger partial charge in [-0.25, -0.2) is 0 Å². The molecule has 0 aliphatic heterocycles. The van der Waals surface area contributed by atoms with E-state index in [1.165, 1.54) is 60.1 Å². The van der Waals surface area contributed by atoms with Crippen molar-refractivity contribution in [3.05, 3.63) is 164 Å². The zero-order chi connectivity index (χ0) is 29.3. The zero-order valence-corrected chi connectivity index (χ0v) is 24.8. The van der Waals surface area contributed by atoms with Crippen molar-refractivity contribution in [2.24, 2.45) is 0 Å². The van der Waals surface area contributed by atoms with Crippen LogP contribution in [-0.4, -0.2) is 0 Å². The van der Waals surface area contributed by atoms with Crippen LogP contribution in [-0.2, 0) is 4.57 Å². The first-order valence-corrected chi connectivity index (χ1v) is 16.8. The summed E-state index contributed by atoms with van der Waals surface area (Å²) in [5.74, 6) is 0. The molecule has 1 aliphatic carbocycles. The molecule has 0 amide bonds. The Morgan fingerprint density at radius 3 is 1.48 bits per heavy atom. The molecule has 0 saturated carbocycles. The summed E-state index contributed by atoms with van der Waals surface area (Å²) < 4.78 is 15.0. The fourth-order valence-corrected chi connectivity index (χ4v) is 9.91. The highest BCUT2D eigenvalue weighted by molar-refractivity contribution is 7.85. The average molecular weight is 579 g/mol. The van der Waals surface area contributed by atoms with Crippen LogP contribution in [0.2, 0.25) is 0 Å². The molecule has 44 heavy (non-hydrogen) atoms. The Morgan fingerprint density at radius 1 is 0.318 bits per heavy atom. The monoisotopic (exact) mass is 578 g/mol. The fourth-order valence-electron chi connectivity index (χ4n) is 7.26. The van der Waals surface area contributed by atoms with E-state index in [0.29, 0.717) is 0 Å². The minimum absolute atomic E-state index is 0.840. The Labute approximate surface area is 256 Å². The molecule has 0 atom stereocenters. The van der Waals surface area contributed by atoms with E-state index < -0.39 is 7.14 Å². The second-order valence-electron chi connectivity index (χ2n) is 11.6. The van der Waals surface area contributed by atoms with Crippen LogP contribution in [0.1, 0.15) is 0 Å². The van der Waals surface area contributed by atoms with Crippen LogP contribution in [0.25, 0.3) is 65.7 Å². The van der Waals surface area contributed by atoms with Crippen LogP contribution in [0.5, 0.6) is 0 Å². The molecule has 0 spiro atoms. The molecule has 1 nitrogen and oxygen atoms in total. The van der Waals surface area contributed by atoms with Gasteiger partial charge in [0.1, 0.15) is 0 Å². The van der Waals surface area contributed by atoms with Crippen LogP contribution in [0, 0.1) is 0 Å². The first-order chi connectivity index (χ1) is 21.7. The SMILES string of the molecule is O=P(c1ccccc1)(c1ccccc1)c1ccc(-c2cc3c4cccc5c4c(cc3c3ccccc23)-c2ccccc2-5)cc1. The quantitative estimate of drug-likeness (QED) is 0.150. The molecule has 0 bridgehead atoms. The maximum absolute atomic E-state index is 15.0. The Balaban J connectivity index is 1.27. The van der Waals surface area contributed by atoms with Crippen molar-refractivity contribution in [3.63, 3.8) is 0 Å². The molecule has 0 unspecified atom stereocenters. The number of rotatable bonds is 4. The predicted molar refractivity (Wildman–Crippen MR) is 188 cm³/mol. The molecule has 0 fully saturated rings. The third-order valence-electron chi connectivity index (χ3n) is 9.29. The van der Waals surface area contributed by atoms with Gasteiger partial charge in [0.25, 0.3) is 0 Å². The number of fused-ring (bicyclic) bond motifs is 7. The standard InChI is InChI=1S/C42H27OP/c43-44(29-12-3-1-4-13-29,30-14-5-2-6-15-30)31-24-22-28(23-25-31)38-26-40-37-21-11-20-36-32-16-7-10-19-35(32)41(42(36)37)27-39(40)34-18-9-8-17-33(34)38/h1-27H. The summed E-state index contributed by atoms with van der Waals surface area (Å²) in [5, 5.41) is 10.2. The molecule has 8 aromatic carbocycles. The molecule has 1 aliphatic rings. The van der Waals surface area contributed by atoms with E-state index >= 15 is 0 Å². The molecule has 8 aromatic rings. The Morgan fingerprint density at radius 2 is 0.795 bits per heavy atom. The average Bonchev–Trinajstić information content (AvgIpc) is 3.43. The molecular formula is C42H27OP. The summed E-state index contributed by atoms with van der Waals surface area (Å²) in [5.41, 5.74) is 7.55. The Bertz CT molecular complexity index is 2400. The molecular weight excluding hydrogens is 551 g/mol. The zero-order valence-electron chi connectivity index (χ0n) is 23.9. The van der Waals surface area contributed by atoms with Crippen molar-refractivity contribution in [3.8, 4) is 33.4 Å². The van der Waals surface area contributed by atoms with Gasteiger partial charge in [-0.3, -0.25) is 0 Å². The van der Waals surface area contributed by atoms with Gasteiger partial charge in [0, 0.05) is 15.9 Å². The molecule has 0 heterocycles. The second kappa shape index (κ2) is 9.64. The summed E-state index contributed by atoms with van der Waals surface area (Å²) in [6, 6.07) is 57.2. The van der Waals surface area contributed by atoms with Crippen molar-refractivity contribution >= 4 is 55.4 Å². The second-order valence-corrected chi connectivity index (χ2v) is 14.4. The minimum atomic E-state index is -3.04. The van der Waals surface area contributed by atoms with E-state index in [4.69, 9.17) is 0 Å². The molecule has 0 N–H and O–H groups in total. The lowest BCUT2D eigenvalue weighted by Gasteiger charge is -2.20. The molecule has 206 valence electrons. The largest absolute Gasteiger partial charge is 0.309 e. The smallest absolute Gasteiger partial charge is 0.171 e. The molecule has 0 radical (unpaired) electrons. The lowest BCUT2D eigenvalue weighted by molar-refractivity contribution is 0.592. The van der Waals surface area contributed by atoms with Gasteiger partial charge < -0.3 is 4.57 Å². The minimum Gasteiger partial charge on any atom is -0.309 e. The van der Waals surface area contributed by atoms with E-state index in [2.05, 4.69) is 103 Å². The summed E-state index contributed by atoms with van der Waals surface area (Å²) in [7, 11) is -3.04. The summed E-state index contributed by atoms with van der Waals surface area (Å²) in [6.45, 7) is 0. The fraction of sp³-hybridized carbons (Fsp3) is 0. The maximum Gasteiger partial charge on any atom is 0.171 e. The van der Waals surface area contributed by atoms with Gasteiger partial charge in [0.15, 0.2) is 7.14 Å². The van der Waals surface area contributed by atoms with E-state index in [0.717, 1.165) is 21.5 Å². The lowest BCUT2D eigenvalue weighted by atomic mass is 9.89. The van der Waals surface area contributed by atoms with Crippen LogP contribution in [0.4, 0.5) is 0 Å². The highest BCUT2D eigenvalue weighted by atomic mass is 31.2. The van der Waals surface area contributed by atoms with Gasteiger partial charge >= 0.3 is 0 Å². The summed E-state index contributed by atoms with van der Waals surface area (Å²) >= 11 is 0. The Hall–Kier alpha value is -5.23. The van der Waals surface area contributed by atoms with Crippen molar-refractivity contribution in [2.75, 3.05) is 0 Å². The normalized spacial score (nSPS) is 12.2. The highest BCUT2D eigenvalue weighted by Gasteiger charge is 2.29. The van der Waals surface area contributed by atoms with Crippen molar-refractivity contribution < 1.29 is 4.57 Å². The maximum atomic E-state index is 15.0. The number of benzene rings is 8. The summed E-state index contributed by atoms with van der Waals surface area (Å²) in [6.07, 6.45) is 0. The van der Waals surface area contributed by atoms with Crippen molar-refractivity contribution in [2.45, 2.75) is 0 Å². The van der Waals surface area contributed by atoms with Gasteiger partial charge in [-0.05, 0) is 77.8 Å². The predicted octanol–water partition coefficient (Wildman–Crippen LogP) is 10.1. The van der Waals surface area contributed by atoms with Gasteiger partial charge in [0.05, 0.1) is 0 Å². The van der Waals surface area contributed by atoms with Gasteiger partial charge in [-0.2, -0.15) is 0 Å². The topological polar surface area (TPSA) is 17.1 Å².